The molecule has 30 heavy (non-hydrogen) atoms. The number of ether oxygens (including phenoxy) is 2. The van der Waals surface area contributed by atoms with E-state index in [4.69, 9.17) is 4.74 Å². The first-order valence-electron chi connectivity index (χ1n) is 9.84. The van der Waals surface area contributed by atoms with Crippen LogP contribution in [-0.4, -0.2) is 69.2 Å². The zero-order chi connectivity index (χ0) is 21.5. The highest BCUT2D eigenvalue weighted by molar-refractivity contribution is 5.78. The number of halogens is 2. The van der Waals surface area contributed by atoms with Crippen LogP contribution in [-0.2, 0) is 11.3 Å². The molecule has 0 aliphatic carbocycles. The van der Waals surface area contributed by atoms with Gasteiger partial charge in [-0.3, -0.25) is 9.69 Å². The first-order valence-corrected chi connectivity index (χ1v) is 9.84. The van der Waals surface area contributed by atoms with E-state index in [9.17, 15) is 13.6 Å². The Labute approximate surface area is 175 Å². The van der Waals surface area contributed by atoms with Crippen molar-refractivity contribution in [2.45, 2.75) is 13.2 Å². The van der Waals surface area contributed by atoms with Crippen molar-refractivity contribution in [1.29, 1.82) is 0 Å². The topological polar surface area (TPSA) is 45.2 Å². The summed E-state index contributed by atoms with van der Waals surface area (Å²) < 4.78 is 34.5. The summed E-state index contributed by atoms with van der Waals surface area (Å²) >= 11 is 0. The molecule has 0 spiro atoms. The molecule has 8 heteroatoms. The van der Waals surface area contributed by atoms with Crippen LogP contribution in [0.15, 0.2) is 48.5 Å². The molecule has 6 nitrogen and oxygen atoms in total. The molecule has 0 N–H and O–H groups in total. The first-order chi connectivity index (χ1) is 14.5. The molecule has 0 unspecified atom stereocenters. The maximum absolute atomic E-state index is 12.7. The maximum Gasteiger partial charge on any atom is 0.387 e. The van der Waals surface area contributed by atoms with Crippen molar-refractivity contribution in [2.75, 3.05) is 51.8 Å². The second kappa shape index (κ2) is 10.2. The largest absolute Gasteiger partial charge is 0.493 e. The molecule has 0 saturated carbocycles. The summed E-state index contributed by atoms with van der Waals surface area (Å²) in [6, 6.07) is 15.0. The highest BCUT2D eigenvalue weighted by atomic mass is 19.3. The summed E-state index contributed by atoms with van der Waals surface area (Å²) in [7, 11) is 3.26. The lowest BCUT2D eigenvalue weighted by atomic mass is 10.2. The number of rotatable bonds is 8. The summed E-state index contributed by atoms with van der Waals surface area (Å²) in [6.07, 6.45) is 0. The zero-order valence-corrected chi connectivity index (χ0v) is 17.3. The lowest BCUT2D eigenvalue weighted by Crippen LogP contribution is -2.51. The number of piperazine rings is 1. The van der Waals surface area contributed by atoms with E-state index in [0.717, 1.165) is 18.7 Å². The van der Waals surface area contributed by atoms with Crippen LogP contribution < -0.4 is 14.4 Å². The minimum absolute atomic E-state index is 0.00809. The van der Waals surface area contributed by atoms with Crippen LogP contribution in [0.4, 0.5) is 14.5 Å². The van der Waals surface area contributed by atoms with E-state index in [1.807, 2.05) is 35.0 Å². The van der Waals surface area contributed by atoms with Gasteiger partial charge in [-0.05, 0) is 36.9 Å². The lowest BCUT2D eigenvalue weighted by Gasteiger charge is -2.36. The summed E-state index contributed by atoms with van der Waals surface area (Å²) in [5.41, 5.74) is 2.02. The second-order valence-electron chi connectivity index (χ2n) is 7.24. The van der Waals surface area contributed by atoms with Gasteiger partial charge in [0.25, 0.3) is 0 Å². The Morgan fingerprint density at radius 1 is 1.07 bits per heavy atom. The van der Waals surface area contributed by atoms with Gasteiger partial charge in [-0.2, -0.15) is 8.78 Å². The minimum Gasteiger partial charge on any atom is -0.493 e. The van der Waals surface area contributed by atoms with Gasteiger partial charge in [0.2, 0.25) is 5.91 Å². The van der Waals surface area contributed by atoms with Crippen LogP contribution in [0.3, 0.4) is 0 Å². The van der Waals surface area contributed by atoms with Gasteiger partial charge >= 0.3 is 6.61 Å². The van der Waals surface area contributed by atoms with Gasteiger partial charge in [0.15, 0.2) is 11.5 Å². The summed E-state index contributed by atoms with van der Waals surface area (Å²) in [5.74, 6) is 0.311. The molecular weight excluding hydrogens is 392 g/mol. The predicted octanol–water partition coefficient (Wildman–Crippen LogP) is 3.08. The van der Waals surface area contributed by atoms with E-state index in [-0.39, 0.29) is 24.0 Å². The smallest absolute Gasteiger partial charge is 0.387 e. The van der Waals surface area contributed by atoms with Crippen molar-refractivity contribution in [3.05, 3.63) is 54.1 Å². The highest BCUT2D eigenvalue weighted by Crippen LogP contribution is 2.29. The Morgan fingerprint density at radius 3 is 2.40 bits per heavy atom. The molecule has 1 heterocycles. The van der Waals surface area contributed by atoms with E-state index in [0.29, 0.717) is 19.6 Å². The van der Waals surface area contributed by atoms with Crippen LogP contribution in [0, 0.1) is 0 Å². The third-order valence-electron chi connectivity index (χ3n) is 5.06. The molecule has 0 atom stereocenters. The van der Waals surface area contributed by atoms with Gasteiger partial charge in [-0.15, -0.1) is 0 Å². The molecule has 2 aromatic rings. The van der Waals surface area contributed by atoms with Crippen LogP contribution in [0.25, 0.3) is 0 Å². The number of hydrogen-bond acceptors (Lipinski definition) is 5. The third kappa shape index (κ3) is 5.82. The monoisotopic (exact) mass is 419 g/mol. The minimum atomic E-state index is -2.91. The Kier molecular flexibility index (Phi) is 7.46. The summed E-state index contributed by atoms with van der Waals surface area (Å²) in [6.45, 7) is 0.853. The van der Waals surface area contributed by atoms with Crippen molar-refractivity contribution < 1.29 is 23.0 Å². The number of carbonyl (C=O) groups is 1. The van der Waals surface area contributed by atoms with E-state index in [2.05, 4.69) is 21.8 Å². The van der Waals surface area contributed by atoms with Gasteiger partial charge in [-0.25, -0.2) is 0 Å². The Bertz CT molecular complexity index is 828. The lowest BCUT2D eigenvalue weighted by molar-refractivity contribution is -0.132. The van der Waals surface area contributed by atoms with Gasteiger partial charge in [0.05, 0.1) is 13.7 Å². The molecule has 3 rings (SSSR count). The van der Waals surface area contributed by atoms with Crippen molar-refractivity contribution in [3.63, 3.8) is 0 Å². The molecule has 0 radical (unpaired) electrons. The number of hydrogen-bond donors (Lipinski definition) is 0. The molecule has 1 aliphatic rings. The molecule has 1 amide bonds. The van der Waals surface area contributed by atoms with Gasteiger partial charge in [-0.1, -0.05) is 24.3 Å². The number of carbonyl (C=O) groups excluding carboxylic acids is 1. The van der Waals surface area contributed by atoms with Crippen LogP contribution in [0.5, 0.6) is 11.5 Å². The van der Waals surface area contributed by atoms with Crippen LogP contribution in [0.2, 0.25) is 0 Å². The number of amides is 1. The van der Waals surface area contributed by atoms with Gasteiger partial charge in [0, 0.05) is 38.4 Å². The fourth-order valence-corrected chi connectivity index (χ4v) is 3.56. The highest BCUT2D eigenvalue weighted by Gasteiger charge is 2.22. The fraction of sp³-hybridized carbons (Fsp3) is 0.409. The van der Waals surface area contributed by atoms with Crippen molar-refractivity contribution in [2.24, 2.45) is 0 Å². The summed E-state index contributed by atoms with van der Waals surface area (Å²) in [5, 5.41) is 0. The number of nitrogens with zero attached hydrogens (tertiary/aromatic N) is 3. The predicted molar refractivity (Wildman–Crippen MR) is 111 cm³/mol. The standard InChI is InChI=1S/C22H27F2N3O3/c1-25(15-17-8-9-19(30-22(23)24)20(14-17)29-2)16-21(28)27-12-10-26(11-13-27)18-6-4-3-5-7-18/h3-9,14,22H,10-13,15-16H2,1-2H3. The Balaban J connectivity index is 1.50. The van der Waals surface area contributed by atoms with E-state index >= 15 is 0 Å². The fourth-order valence-electron chi connectivity index (χ4n) is 3.56. The number of alkyl halides is 2. The molecule has 1 fully saturated rings. The summed E-state index contributed by atoms with van der Waals surface area (Å²) in [4.78, 5) is 18.7. The Morgan fingerprint density at radius 2 is 1.77 bits per heavy atom. The second-order valence-corrected chi connectivity index (χ2v) is 7.24. The van der Waals surface area contributed by atoms with Crippen molar-refractivity contribution in [1.82, 2.24) is 9.80 Å². The van der Waals surface area contributed by atoms with Crippen molar-refractivity contribution in [3.8, 4) is 11.5 Å². The molecule has 2 aromatic carbocycles. The van der Waals surface area contributed by atoms with E-state index < -0.39 is 6.61 Å². The number of likely N-dealkylation sites (N-methyl/N-ethyl adjacent to an activating group) is 1. The molecule has 1 aliphatic heterocycles. The Hall–Kier alpha value is -2.87. The molecule has 0 bridgehead atoms. The molecule has 0 aromatic heterocycles. The number of anilines is 1. The van der Waals surface area contributed by atoms with Gasteiger partial charge < -0.3 is 19.3 Å². The SMILES string of the molecule is COc1cc(CN(C)CC(=O)N2CCN(c3ccccc3)CC2)ccc1OC(F)F. The number of methoxy groups -OCH3 is 1. The number of para-hydroxylation sites is 1. The van der Waals surface area contributed by atoms with E-state index in [1.165, 1.54) is 18.9 Å². The maximum atomic E-state index is 12.7. The van der Waals surface area contributed by atoms with Crippen LogP contribution in [0.1, 0.15) is 5.56 Å². The normalized spacial score (nSPS) is 14.3. The zero-order valence-electron chi connectivity index (χ0n) is 17.3. The molecule has 1 saturated heterocycles. The average molecular weight is 419 g/mol. The van der Waals surface area contributed by atoms with Crippen LogP contribution >= 0.6 is 0 Å². The van der Waals surface area contributed by atoms with E-state index in [1.54, 1.807) is 12.1 Å². The van der Waals surface area contributed by atoms with Gasteiger partial charge in [0.1, 0.15) is 0 Å². The number of benzene rings is 2. The first kappa shape index (κ1) is 21.8. The van der Waals surface area contributed by atoms with Crippen molar-refractivity contribution >= 4 is 11.6 Å². The average Bonchev–Trinajstić information content (AvgIpc) is 2.75. The molecule has 162 valence electrons. The third-order valence-corrected chi connectivity index (χ3v) is 5.06. The molecular formula is C22H27F2N3O3. The quantitative estimate of drug-likeness (QED) is 0.658.